The Morgan fingerprint density at radius 2 is 1.29 bits per heavy atom. The molecule has 0 saturated carbocycles. The number of hydrogen-bond acceptors (Lipinski definition) is 2. The van der Waals surface area contributed by atoms with Gasteiger partial charge >= 0.3 is 0 Å². The average molecular weight is 183 g/mol. The maximum Gasteiger partial charge on any atom is 0.289 e. The van der Waals surface area contributed by atoms with Crippen LogP contribution in [-0.2, 0) is 10.7 Å². The van der Waals surface area contributed by atoms with Gasteiger partial charge in [-0.05, 0) is 0 Å². The first-order valence-corrected chi connectivity index (χ1v) is 3.47. The Kier molecular flexibility index (Phi) is 2.68. The highest BCUT2D eigenvalue weighted by molar-refractivity contribution is 7.79. The lowest BCUT2D eigenvalue weighted by molar-refractivity contribution is 0.615. The predicted molar refractivity (Wildman–Crippen MR) is 30.6 cm³/mol. The highest BCUT2D eigenvalue weighted by Crippen LogP contribution is 2.25. The van der Waals surface area contributed by atoms with Crippen molar-refractivity contribution in [3.63, 3.8) is 0 Å². The van der Waals surface area contributed by atoms with Gasteiger partial charge in [0.2, 0.25) is 0 Å². The molecule has 0 unspecified atom stereocenters. The van der Waals surface area contributed by atoms with E-state index < -0.39 is 13.8 Å². The van der Waals surface area contributed by atoms with E-state index in [-0.39, 0.29) is 0 Å². The van der Waals surface area contributed by atoms with Crippen LogP contribution in [0.4, 0.5) is 0 Å². The second kappa shape index (κ2) is 2.40. The first kappa shape index (κ1) is 7.82. The summed E-state index contributed by atoms with van der Waals surface area (Å²) in [5, 5.41) is 0. The minimum absolute atomic E-state index is 2.13. The van der Waals surface area contributed by atoms with Gasteiger partial charge in [0.1, 0.15) is 0 Å². The molecule has 0 aromatic heterocycles. The van der Waals surface area contributed by atoms with Gasteiger partial charge in [0, 0.05) is 0 Å². The molecule has 0 radical (unpaired) electrons. The van der Waals surface area contributed by atoms with Crippen LogP contribution >= 0.6 is 34.8 Å². The highest BCUT2D eigenvalue weighted by Gasteiger charge is 2.22. The van der Waals surface area contributed by atoms with Gasteiger partial charge < -0.3 is 0 Å². The second-order valence-corrected chi connectivity index (χ2v) is 4.98. The van der Waals surface area contributed by atoms with Gasteiger partial charge in [0.05, 0.1) is 0 Å². The molecule has 0 aromatic rings. The maximum atomic E-state index is 9.66. The van der Waals surface area contributed by atoms with Crippen LogP contribution in [0.1, 0.15) is 0 Å². The molecule has 0 bridgehead atoms. The van der Waals surface area contributed by atoms with Crippen molar-refractivity contribution in [1.82, 2.24) is 0 Å². The van der Waals surface area contributed by atoms with Crippen molar-refractivity contribution in [2.75, 3.05) is 0 Å². The van der Waals surface area contributed by atoms with E-state index in [4.69, 9.17) is 34.8 Å². The minimum atomic E-state index is -2.95. The lowest BCUT2D eigenvalue weighted by Crippen LogP contribution is -2.02. The maximum absolute atomic E-state index is 9.66. The third kappa shape index (κ3) is 3.41. The van der Waals surface area contributed by atoms with E-state index in [0.29, 0.717) is 0 Å². The first-order valence-electron chi connectivity index (χ1n) is 1.16. The summed E-state index contributed by atoms with van der Waals surface area (Å²) in [5.41, 5.74) is 0. The highest BCUT2D eigenvalue weighted by atomic mass is 35.6. The Morgan fingerprint density at radius 1 is 1.14 bits per heavy atom. The molecule has 0 heterocycles. The van der Waals surface area contributed by atoms with Crippen LogP contribution in [0.2, 0.25) is 0 Å². The van der Waals surface area contributed by atoms with Crippen molar-refractivity contribution in [1.29, 1.82) is 0 Å². The third-order valence-electron chi connectivity index (χ3n) is 0.207. The molecule has 7 heavy (non-hydrogen) atoms. The molecular formula is CHCl3O2S. The fraction of sp³-hybridized carbons (Fsp3) is 1.00. The summed E-state index contributed by atoms with van der Waals surface area (Å²) in [6.45, 7) is 0. The standard InChI is InChI=1S/CHCl3O2S/c2-1(3,4)7(5)6/h7H. The summed E-state index contributed by atoms with van der Waals surface area (Å²) in [5.74, 6) is 0. The largest absolute Gasteiger partial charge is 0.289 e. The zero-order valence-electron chi connectivity index (χ0n) is 2.90. The van der Waals surface area contributed by atoms with E-state index in [9.17, 15) is 8.42 Å². The number of alkyl halides is 3. The summed E-state index contributed by atoms with van der Waals surface area (Å²) >= 11 is 14.4. The Bertz CT molecular complexity index is 113. The molecule has 0 atom stereocenters. The molecule has 0 fully saturated rings. The molecule has 0 spiro atoms. The Labute approximate surface area is 57.3 Å². The quantitative estimate of drug-likeness (QED) is 0.448. The zero-order chi connectivity index (χ0) is 6.08. The summed E-state index contributed by atoms with van der Waals surface area (Å²) in [6, 6.07) is 0. The molecule has 0 aromatic carbocycles. The van der Waals surface area contributed by atoms with E-state index in [0.717, 1.165) is 0 Å². The molecule has 0 amide bonds. The molecule has 0 saturated heterocycles. The first-order chi connectivity index (χ1) is 2.94. The second-order valence-electron chi connectivity index (χ2n) is 0.725. The Balaban J connectivity index is 4.08. The summed E-state index contributed by atoms with van der Waals surface area (Å²) in [4.78, 5) is 0. The topological polar surface area (TPSA) is 34.1 Å². The summed E-state index contributed by atoms with van der Waals surface area (Å²) < 4.78 is 17.2. The molecule has 0 aliphatic rings. The zero-order valence-corrected chi connectivity index (χ0v) is 6.06. The molecule has 0 aliphatic heterocycles. The molecule has 0 rings (SSSR count). The third-order valence-corrected chi connectivity index (χ3v) is 1.86. The van der Waals surface area contributed by atoms with Gasteiger partial charge in [0.15, 0.2) is 10.7 Å². The molecule has 0 N–H and O–H groups in total. The molecule has 6 heteroatoms. The lowest BCUT2D eigenvalue weighted by Gasteiger charge is -1.95. The summed E-state index contributed by atoms with van der Waals surface area (Å²) in [7, 11) is -2.95. The van der Waals surface area contributed by atoms with Gasteiger partial charge in [-0.15, -0.1) is 0 Å². The van der Waals surface area contributed by atoms with Gasteiger partial charge in [-0.1, -0.05) is 34.8 Å². The van der Waals surface area contributed by atoms with Crippen molar-refractivity contribution in [3.05, 3.63) is 0 Å². The van der Waals surface area contributed by atoms with Crippen molar-refractivity contribution in [3.8, 4) is 0 Å². The van der Waals surface area contributed by atoms with Crippen molar-refractivity contribution < 1.29 is 8.42 Å². The van der Waals surface area contributed by atoms with Crippen LogP contribution in [0.15, 0.2) is 0 Å². The Morgan fingerprint density at radius 3 is 1.29 bits per heavy atom. The van der Waals surface area contributed by atoms with E-state index in [1.165, 1.54) is 0 Å². The minimum Gasteiger partial charge on any atom is -0.227 e. The van der Waals surface area contributed by atoms with E-state index in [1.54, 1.807) is 0 Å². The number of rotatable bonds is 0. The Hall–Kier alpha value is 0.820. The van der Waals surface area contributed by atoms with E-state index in [2.05, 4.69) is 0 Å². The van der Waals surface area contributed by atoms with Crippen molar-refractivity contribution >= 4 is 45.5 Å². The number of halogens is 3. The van der Waals surface area contributed by atoms with Gasteiger partial charge in [-0.25, -0.2) is 8.42 Å². The molecular weight excluding hydrogens is 182 g/mol. The van der Waals surface area contributed by atoms with Gasteiger partial charge in [-0.2, -0.15) is 0 Å². The van der Waals surface area contributed by atoms with Crippen LogP contribution in [0.5, 0.6) is 0 Å². The van der Waals surface area contributed by atoms with Crippen molar-refractivity contribution in [2.24, 2.45) is 0 Å². The number of thiol groups is 1. The van der Waals surface area contributed by atoms with E-state index >= 15 is 0 Å². The van der Waals surface area contributed by atoms with Gasteiger partial charge in [0.25, 0.3) is 3.12 Å². The fourth-order valence-corrected chi connectivity index (χ4v) is 0. The molecule has 44 valence electrons. The monoisotopic (exact) mass is 182 g/mol. The van der Waals surface area contributed by atoms with Crippen LogP contribution in [-0.4, -0.2) is 11.5 Å². The smallest absolute Gasteiger partial charge is 0.227 e. The van der Waals surface area contributed by atoms with Crippen LogP contribution in [0.25, 0.3) is 0 Å². The van der Waals surface area contributed by atoms with Crippen molar-refractivity contribution in [2.45, 2.75) is 3.12 Å². The normalized spacial score (nSPS) is 12.6. The molecule has 2 nitrogen and oxygen atoms in total. The predicted octanol–water partition coefficient (Wildman–Crippen LogP) is 0.925. The van der Waals surface area contributed by atoms with Gasteiger partial charge in [-0.3, -0.25) is 0 Å². The number of hydrogen-bond donors (Lipinski definition) is 1. The van der Waals surface area contributed by atoms with E-state index in [1.807, 2.05) is 0 Å². The van der Waals surface area contributed by atoms with Crippen LogP contribution in [0.3, 0.4) is 0 Å². The SMILES string of the molecule is O=[SH](=O)C(Cl)(Cl)Cl. The lowest BCUT2D eigenvalue weighted by atomic mass is 11.8. The molecule has 0 aliphatic carbocycles. The summed E-state index contributed by atoms with van der Waals surface area (Å²) in [6.07, 6.45) is 0. The average Bonchev–Trinajstić information content (AvgIpc) is 1.31. The van der Waals surface area contributed by atoms with Crippen LogP contribution in [0, 0.1) is 0 Å². The van der Waals surface area contributed by atoms with Crippen LogP contribution < -0.4 is 0 Å². The fourth-order valence-electron chi connectivity index (χ4n) is 0.